The summed E-state index contributed by atoms with van der Waals surface area (Å²) in [7, 11) is 0. The first-order valence-corrected chi connectivity index (χ1v) is 9.78. The summed E-state index contributed by atoms with van der Waals surface area (Å²) < 4.78 is 6.52. The van der Waals surface area contributed by atoms with E-state index in [9.17, 15) is 9.90 Å². The van der Waals surface area contributed by atoms with E-state index in [2.05, 4.69) is 18.8 Å². The molecule has 5 unspecified atom stereocenters. The fourth-order valence-corrected chi connectivity index (χ4v) is 8.46. The zero-order valence-electron chi connectivity index (χ0n) is 14.4. The van der Waals surface area contributed by atoms with Gasteiger partial charge in [0.1, 0.15) is 6.23 Å². The van der Waals surface area contributed by atoms with Crippen LogP contribution in [-0.4, -0.2) is 29.4 Å². The van der Waals surface area contributed by atoms with Gasteiger partial charge in [0.15, 0.2) is 0 Å². The van der Waals surface area contributed by atoms with E-state index < -0.39 is 6.10 Å². The van der Waals surface area contributed by atoms with Crippen LogP contribution in [0.2, 0.25) is 0 Å². The molecule has 4 nitrogen and oxygen atoms in total. The molecule has 5 aliphatic carbocycles. The van der Waals surface area contributed by atoms with Crippen LogP contribution in [0.5, 0.6) is 0 Å². The van der Waals surface area contributed by atoms with Gasteiger partial charge in [-0.3, -0.25) is 4.79 Å². The van der Waals surface area contributed by atoms with Crippen LogP contribution in [0.3, 0.4) is 0 Å². The van der Waals surface area contributed by atoms with Crippen LogP contribution in [0.15, 0.2) is 12.2 Å². The first kappa shape index (κ1) is 14.3. The summed E-state index contributed by atoms with van der Waals surface area (Å²) in [6, 6.07) is 0. The summed E-state index contributed by atoms with van der Waals surface area (Å²) in [5, 5.41) is 14.4. The van der Waals surface area contributed by atoms with E-state index in [0.717, 1.165) is 50.5 Å². The Labute approximate surface area is 143 Å². The molecule has 4 heteroatoms. The van der Waals surface area contributed by atoms with Crippen LogP contribution < -0.4 is 5.32 Å². The number of hydrogen-bond acceptors (Lipinski definition) is 3. The normalized spacial score (nSPS) is 63.1. The van der Waals surface area contributed by atoms with Gasteiger partial charge in [0, 0.05) is 10.8 Å². The fourth-order valence-electron chi connectivity index (χ4n) is 8.46. The third-order valence-corrected chi connectivity index (χ3v) is 9.47. The van der Waals surface area contributed by atoms with Crippen LogP contribution >= 0.6 is 0 Å². The number of fused-ring (bicyclic) bond motifs is 2. The van der Waals surface area contributed by atoms with Crippen LogP contribution in [0.1, 0.15) is 51.9 Å². The SMILES string of the molecule is C=C1[C@@H]2CCC3(C4CC5[C@@]6(CCC[C@@]5(C)C(=O)NC6O4)C3C2)[C@H]1O. The zero-order chi connectivity index (χ0) is 16.5. The monoisotopic (exact) mass is 329 g/mol. The highest BCUT2D eigenvalue weighted by atomic mass is 16.5. The molecule has 7 bridgehead atoms. The van der Waals surface area contributed by atoms with Gasteiger partial charge >= 0.3 is 0 Å². The first-order chi connectivity index (χ1) is 11.4. The molecule has 0 radical (unpaired) electrons. The van der Waals surface area contributed by atoms with Crippen LogP contribution in [0.4, 0.5) is 0 Å². The van der Waals surface area contributed by atoms with Gasteiger partial charge in [-0.1, -0.05) is 19.9 Å². The van der Waals surface area contributed by atoms with Crippen molar-refractivity contribution >= 4 is 5.91 Å². The maximum Gasteiger partial charge on any atom is 0.228 e. The Morgan fingerprint density at radius 3 is 2.88 bits per heavy atom. The molecule has 8 aliphatic rings. The van der Waals surface area contributed by atoms with Gasteiger partial charge in [-0.25, -0.2) is 0 Å². The van der Waals surface area contributed by atoms with Gasteiger partial charge in [0.25, 0.3) is 0 Å². The number of nitrogens with one attached hydrogen (secondary N) is 1. The Morgan fingerprint density at radius 1 is 1.21 bits per heavy atom. The molecule has 3 aliphatic heterocycles. The molecule has 24 heavy (non-hydrogen) atoms. The van der Waals surface area contributed by atoms with E-state index in [1.165, 1.54) is 0 Å². The number of amides is 1. The molecule has 9 atom stereocenters. The van der Waals surface area contributed by atoms with Crippen molar-refractivity contribution < 1.29 is 14.6 Å². The topological polar surface area (TPSA) is 58.6 Å². The molecule has 0 aromatic heterocycles. The molecule has 3 heterocycles. The van der Waals surface area contributed by atoms with E-state index in [1.54, 1.807) is 0 Å². The van der Waals surface area contributed by atoms with Gasteiger partial charge in [0.05, 0.1) is 17.6 Å². The fraction of sp³-hybridized carbons (Fsp3) is 0.850. The average Bonchev–Trinajstić information content (AvgIpc) is 2.58. The summed E-state index contributed by atoms with van der Waals surface area (Å²) >= 11 is 0. The number of carbonyl (C=O) groups is 1. The number of rotatable bonds is 0. The van der Waals surface area contributed by atoms with Gasteiger partial charge in [-0.05, 0) is 61.9 Å². The molecular weight excluding hydrogens is 302 g/mol. The molecule has 8 rings (SSSR count). The lowest BCUT2D eigenvalue weighted by molar-refractivity contribution is -0.369. The van der Waals surface area contributed by atoms with Crippen LogP contribution in [0, 0.1) is 34.0 Å². The molecule has 1 amide bonds. The van der Waals surface area contributed by atoms with E-state index in [0.29, 0.717) is 17.8 Å². The summed E-state index contributed by atoms with van der Waals surface area (Å²) in [4.78, 5) is 12.8. The maximum absolute atomic E-state index is 12.8. The summed E-state index contributed by atoms with van der Waals surface area (Å²) in [6.45, 7) is 6.44. The highest BCUT2D eigenvalue weighted by Gasteiger charge is 2.79. The molecule has 3 saturated heterocycles. The molecular formula is C20H27NO3. The Bertz CT molecular complexity index is 676. The van der Waals surface area contributed by atoms with Crippen molar-refractivity contribution in [3.63, 3.8) is 0 Å². The Hall–Kier alpha value is -0.870. The van der Waals surface area contributed by atoms with E-state index in [4.69, 9.17) is 4.74 Å². The number of carbonyl (C=O) groups excluding carboxylic acids is 1. The van der Waals surface area contributed by atoms with Crippen molar-refractivity contribution in [2.24, 2.45) is 34.0 Å². The van der Waals surface area contributed by atoms with Gasteiger partial charge in [0.2, 0.25) is 5.91 Å². The minimum absolute atomic E-state index is 0.0377. The zero-order valence-corrected chi connectivity index (χ0v) is 14.4. The number of aliphatic hydroxyl groups excluding tert-OH is 1. The lowest BCUT2D eigenvalue weighted by Gasteiger charge is -2.77. The molecule has 0 aromatic rings. The van der Waals surface area contributed by atoms with Gasteiger partial charge in [-0.15, -0.1) is 0 Å². The maximum atomic E-state index is 12.8. The van der Waals surface area contributed by atoms with Crippen molar-refractivity contribution in [1.29, 1.82) is 0 Å². The van der Waals surface area contributed by atoms with Gasteiger partial charge < -0.3 is 15.2 Å². The molecule has 2 spiro atoms. The number of piperidine rings is 1. The molecule has 130 valence electrons. The predicted octanol–water partition coefficient (Wildman–Crippen LogP) is 2.37. The minimum Gasteiger partial charge on any atom is -0.388 e. The highest BCUT2D eigenvalue weighted by molar-refractivity contribution is 5.84. The third-order valence-electron chi connectivity index (χ3n) is 9.47. The van der Waals surface area contributed by atoms with Gasteiger partial charge in [-0.2, -0.15) is 0 Å². The second-order valence-corrected chi connectivity index (χ2v) is 9.76. The first-order valence-electron chi connectivity index (χ1n) is 9.78. The van der Waals surface area contributed by atoms with Crippen LogP contribution in [-0.2, 0) is 9.53 Å². The van der Waals surface area contributed by atoms with E-state index in [1.807, 2.05) is 0 Å². The minimum atomic E-state index is -0.415. The van der Waals surface area contributed by atoms with Crippen molar-refractivity contribution in [2.45, 2.75) is 70.3 Å². The molecule has 2 N–H and O–H groups in total. The number of aliphatic hydroxyl groups is 1. The third kappa shape index (κ3) is 1.18. The number of ether oxygens (including phenoxy) is 1. The Kier molecular flexibility index (Phi) is 2.35. The standard InChI is InChI=1S/C20H27NO3/c1-10-11-4-7-20(15(10)22)13(8-11)19-6-3-5-18(2)12(19)9-14(20)24-17(19)21-16(18)23/h11-15,17,22H,1,3-9H2,2H3,(H,21,23)/t11-,12?,13?,14?,15+,17?,18-,19+,20?/m1/s1. The van der Waals surface area contributed by atoms with Crippen molar-refractivity contribution in [2.75, 3.05) is 0 Å². The van der Waals surface area contributed by atoms with Crippen LogP contribution in [0.25, 0.3) is 0 Å². The quantitative estimate of drug-likeness (QED) is 0.671. The molecule has 8 fully saturated rings. The molecule has 5 saturated carbocycles. The van der Waals surface area contributed by atoms with Crippen molar-refractivity contribution in [1.82, 2.24) is 5.32 Å². The summed E-state index contributed by atoms with van der Waals surface area (Å²) in [6.07, 6.45) is 7.11. The van der Waals surface area contributed by atoms with E-state index >= 15 is 0 Å². The van der Waals surface area contributed by atoms with E-state index in [-0.39, 0.29) is 34.5 Å². The Morgan fingerprint density at radius 2 is 2.04 bits per heavy atom. The predicted molar refractivity (Wildman–Crippen MR) is 87.7 cm³/mol. The smallest absolute Gasteiger partial charge is 0.228 e. The molecule has 0 aromatic carbocycles. The Balaban J connectivity index is 1.57. The lowest BCUT2D eigenvalue weighted by atomic mass is 9.32. The lowest BCUT2D eigenvalue weighted by Crippen LogP contribution is -2.82. The van der Waals surface area contributed by atoms with Crippen molar-refractivity contribution in [3.8, 4) is 0 Å². The highest BCUT2D eigenvalue weighted by Crippen LogP contribution is 2.77. The summed E-state index contributed by atoms with van der Waals surface area (Å²) in [5.74, 6) is 1.57. The average molecular weight is 329 g/mol. The second-order valence-electron chi connectivity index (χ2n) is 9.76. The largest absolute Gasteiger partial charge is 0.388 e. The van der Waals surface area contributed by atoms with Crippen molar-refractivity contribution in [3.05, 3.63) is 12.2 Å². The number of hydrogen-bond donors (Lipinski definition) is 2. The second kappa shape index (κ2) is 3.93. The summed E-state index contributed by atoms with van der Waals surface area (Å²) in [5.41, 5.74) is 0.712.